The van der Waals surface area contributed by atoms with Crippen LogP contribution in [0.25, 0.3) is 0 Å². The summed E-state index contributed by atoms with van der Waals surface area (Å²) in [5.41, 5.74) is 0.429. The van der Waals surface area contributed by atoms with E-state index in [1.807, 2.05) is 0 Å². The highest BCUT2D eigenvalue weighted by atomic mass is 79.9. The molecule has 0 amide bonds. The fourth-order valence-electron chi connectivity index (χ4n) is 2.17. The number of aliphatic carboxylic acids is 1. The fraction of sp³-hybridized carbons (Fsp3) is 0.417. The van der Waals surface area contributed by atoms with Crippen molar-refractivity contribution in [1.29, 1.82) is 0 Å². The molecule has 0 aliphatic carbocycles. The molecule has 0 aromatic heterocycles. The van der Waals surface area contributed by atoms with E-state index >= 15 is 0 Å². The van der Waals surface area contributed by atoms with Gasteiger partial charge in [0.1, 0.15) is 0 Å². The number of hydrogen-bond acceptors (Lipinski definition) is 3. The van der Waals surface area contributed by atoms with Crippen molar-refractivity contribution in [2.24, 2.45) is 5.92 Å². The van der Waals surface area contributed by atoms with Gasteiger partial charge in [0.2, 0.25) is 0 Å². The molecule has 6 heteroatoms. The SMILES string of the molecule is COc1ccc(Br)c(C2CC(C(=O)O)CN2)c1F. The molecular formula is C12H13BrFNO3. The van der Waals surface area contributed by atoms with Crippen LogP contribution in [0.5, 0.6) is 5.75 Å². The number of carbonyl (C=O) groups is 1. The summed E-state index contributed by atoms with van der Waals surface area (Å²) in [6.07, 6.45) is 0.373. The molecule has 98 valence electrons. The summed E-state index contributed by atoms with van der Waals surface area (Å²) in [4.78, 5) is 10.9. The Kier molecular flexibility index (Phi) is 3.87. The molecule has 0 radical (unpaired) electrons. The van der Waals surface area contributed by atoms with Crippen molar-refractivity contribution in [2.75, 3.05) is 13.7 Å². The van der Waals surface area contributed by atoms with Gasteiger partial charge in [-0.1, -0.05) is 15.9 Å². The standard InChI is InChI=1S/C12H13BrFNO3/c1-18-9-3-2-7(13)10(11(9)14)8-4-6(5-15-8)12(16)17/h2-3,6,8,15H,4-5H2,1H3,(H,16,17). The maximum Gasteiger partial charge on any atom is 0.307 e. The van der Waals surface area contributed by atoms with E-state index in [2.05, 4.69) is 21.2 Å². The van der Waals surface area contributed by atoms with Crippen LogP contribution in [0.3, 0.4) is 0 Å². The van der Waals surface area contributed by atoms with Gasteiger partial charge in [0.15, 0.2) is 11.6 Å². The molecular weight excluding hydrogens is 305 g/mol. The lowest BCUT2D eigenvalue weighted by molar-refractivity contribution is -0.141. The van der Waals surface area contributed by atoms with Gasteiger partial charge in [-0.2, -0.15) is 0 Å². The number of nitrogens with one attached hydrogen (secondary N) is 1. The average Bonchev–Trinajstić information content (AvgIpc) is 2.79. The van der Waals surface area contributed by atoms with Gasteiger partial charge in [-0.05, 0) is 18.6 Å². The van der Waals surface area contributed by atoms with E-state index in [1.165, 1.54) is 13.2 Å². The van der Waals surface area contributed by atoms with Crippen LogP contribution in [0.4, 0.5) is 4.39 Å². The van der Waals surface area contributed by atoms with Crippen molar-refractivity contribution >= 4 is 21.9 Å². The summed E-state index contributed by atoms with van der Waals surface area (Å²) in [6, 6.07) is 2.93. The third-order valence-electron chi connectivity index (χ3n) is 3.14. The zero-order valence-electron chi connectivity index (χ0n) is 9.74. The molecule has 2 rings (SSSR count). The van der Waals surface area contributed by atoms with Crippen molar-refractivity contribution in [3.8, 4) is 5.75 Å². The third kappa shape index (κ3) is 2.35. The molecule has 1 aromatic carbocycles. The van der Waals surface area contributed by atoms with Crippen LogP contribution >= 0.6 is 15.9 Å². The molecule has 1 aliphatic heterocycles. The molecule has 2 N–H and O–H groups in total. The summed E-state index contributed by atoms with van der Waals surface area (Å²) in [6.45, 7) is 0.350. The van der Waals surface area contributed by atoms with E-state index in [0.717, 1.165) is 0 Å². The number of ether oxygens (including phenoxy) is 1. The van der Waals surface area contributed by atoms with Crippen molar-refractivity contribution < 1.29 is 19.0 Å². The number of hydrogen-bond donors (Lipinski definition) is 2. The number of halogens is 2. The Balaban J connectivity index is 2.32. The first-order valence-electron chi connectivity index (χ1n) is 5.52. The third-order valence-corrected chi connectivity index (χ3v) is 3.83. The van der Waals surface area contributed by atoms with E-state index in [9.17, 15) is 9.18 Å². The number of carboxylic acid groups (broad SMARTS) is 1. The van der Waals surface area contributed by atoms with Crippen LogP contribution in [0.15, 0.2) is 16.6 Å². The van der Waals surface area contributed by atoms with Gasteiger partial charge in [0.05, 0.1) is 13.0 Å². The molecule has 0 saturated carbocycles. The highest BCUT2D eigenvalue weighted by Gasteiger charge is 2.33. The fourth-order valence-corrected chi connectivity index (χ4v) is 2.75. The second-order valence-electron chi connectivity index (χ2n) is 4.21. The minimum Gasteiger partial charge on any atom is -0.494 e. The monoisotopic (exact) mass is 317 g/mol. The topological polar surface area (TPSA) is 58.6 Å². The molecule has 1 fully saturated rings. The molecule has 1 aromatic rings. The Morgan fingerprint density at radius 2 is 2.33 bits per heavy atom. The van der Waals surface area contributed by atoms with Crippen LogP contribution in [0, 0.1) is 11.7 Å². The second kappa shape index (κ2) is 5.24. The van der Waals surface area contributed by atoms with Crippen molar-refractivity contribution in [1.82, 2.24) is 5.32 Å². The molecule has 0 bridgehead atoms. The maximum absolute atomic E-state index is 14.2. The number of rotatable bonds is 3. The van der Waals surface area contributed by atoms with Crippen LogP contribution in [0.2, 0.25) is 0 Å². The van der Waals surface area contributed by atoms with E-state index < -0.39 is 17.7 Å². The largest absolute Gasteiger partial charge is 0.494 e. The minimum atomic E-state index is -0.857. The summed E-state index contributed by atoms with van der Waals surface area (Å²) >= 11 is 3.29. The van der Waals surface area contributed by atoms with Crippen molar-refractivity contribution in [3.63, 3.8) is 0 Å². The van der Waals surface area contributed by atoms with Gasteiger partial charge in [-0.15, -0.1) is 0 Å². The lowest BCUT2D eigenvalue weighted by Crippen LogP contribution is -2.18. The molecule has 18 heavy (non-hydrogen) atoms. The van der Waals surface area contributed by atoms with E-state index in [-0.39, 0.29) is 11.8 Å². The number of benzene rings is 1. The first-order chi connectivity index (χ1) is 8.54. The number of methoxy groups -OCH3 is 1. The summed E-state index contributed by atoms with van der Waals surface area (Å²) in [7, 11) is 1.40. The van der Waals surface area contributed by atoms with Gasteiger partial charge in [0, 0.05) is 22.6 Å². The zero-order valence-corrected chi connectivity index (χ0v) is 11.3. The number of carboxylic acids is 1. The van der Waals surface area contributed by atoms with Crippen molar-refractivity contribution in [3.05, 3.63) is 28.0 Å². The molecule has 1 aliphatic rings. The lowest BCUT2D eigenvalue weighted by Gasteiger charge is -2.15. The van der Waals surface area contributed by atoms with E-state index in [0.29, 0.717) is 23.0 Å². The van der Waals surface area contributed by atoms with Gasteiger partial charge in [-0.25, -0.2) is 4.39 Å². The van der Waals surface area contributed by atoms with Crippen LogP contribution in [0.1, 0.15) is 18.0 Å². The molecule has 0 spiro atoms. The first-order valence-corrected chi connectivity index (χ1v) is 6.32. The quantitative estimate of drug-likeness (QED) is 0.898. The normalized spacial score (nSPS) is 23.1. The van der Waals surface area contributed by atoms with Crippen LogP contribution < -0.4 is 10.1 Å². The Bertz CT molecular complexity index is 481. The van der Waals surface area contributed by atoms with Gasteiger partial charge in [-0.3, -0.25) is 4.79 Å². The smallest absolute Gasteiger partial charge is 0.307 e. The van der Waals surface area contributed by atoms with Crippen LogP contribution in [-0.2, 0) is 4.79 Å². The molecule has 1 saturated heterocycles. The maximum atomic E-state index is 14.2. The van der Waals surface area contributed by atoms with Gasteiger partial charge < -0.3 is 15.2 Å². The Hall–Kier alpha value is -1.14. The summed E-state index contributed by atoms with van der Waals surface area (Å²) in [5.74, 6) is -1.62. The predicted octanol–water partition coefficient (Wildman–Crippen LogP) is 2.33. The lowest BCUT2D eigenvalue weighted by atomic mass is 9.99. The second-order valence-corrected chi connectivity index (χ2v) is 5.06. The summed E-state index contributed by atoms with van der Waals surface area (Å²) in [5, 5.41) is 12.0. The zero-order chi connectivity index (χ0) is 13.3. The highest BCUT2D eigenvalue weighted by Crippen LogP contribution is 2.37. The first kappa shape index (κ1) is 13.3. The predicted molar refractivity (Wildman–Crippen MR) is 67.1 cm³/mol. The van der Waals surface area contributed by atoms with Crippen molar-refractivity contribution in [2.45, 2.75) is 12.5 Å². The summed E-state index contributed by atoms with van der Waals surface area (Å²) < 4.78 is 19.7. The molecule has 1 heterocycles. The average molecular weight is 318 g/mol. The molecule has 2 unspecified atom stereocenters. The van der Waals surface area contributed by atoms with E-state index in [4.69, 9.17) is 9.84 Å². The molecule has 2 atom stereocenters. The minimum absolute atomic E-state index is 0.161. The van der Waals surface area contributed by atoms with Gasteiger partial charge >= 0.3 is 5.97 Å². The Labute approximate surface area is 112 Å². The van der Waals surface area contributed by atoms with E-state index in [1.54, 1.807) is 6.07 Å². The van der Waals surface area contributed by atoms with Crippen LogP contribution in [-0.4, -0.2) is 24.7 Å². The van der Waals surface area contributed by atoms with Gasteiger partial charge in [0.25, 0.3) is 0 Å². The Morgan fingerprint density at radius 1 is 1.61 bits per heavy atom. The highest BCUT2D eigenvalue weighted by molar-refractivity contribution is 9.10. The molecule has 4 nitrogen and oxygen atoms in total. The Morgan fingerprint density at radius 3 is 2.89 bits per heavy atom.